The second kappa shape index (κ2) is 5.37. The number of amides is 1. The molecule has 1 rings (SSSR count). The minimum atomic E-state index is -5.01. The Labute approximate surface area is 107 Å². The topological polar surface area (TPSA) is 76.9 Å². The van der Waals surface area contributed by atoms with Crippen molar-refractivity contribution in [1.29, 1.82) is 0 Å². The van der Waals surface area contributed by atoms with Crippen molar-refractivity contribution in [3.8, 4) is 0 Å². The fraction of sp³-hybridized carbons (Fsp3) is 0.600. The summed E-state index contributed by atoms with van der Waals surface area (Å²) in [5.41, 5.74) is -0.836. The number of Topliss-reactive ketones (excluding diaryl/α,β-unsaturated/α-hetero) is 1. The molecule has 106 valence electrons. The Kier molecular flexibility index (Phi) is 4.28. The summed E-state index contributed by atoms with van der Waals surface area (Å²) in [6.07, 6.45) is -4.20. The summed E-state index contributed by atoms with van der Waals surface area (Å²) < 4.78 is 37.4. The van der Waals surface area contributed by atoms with Crippen molar-refractivity contribution < 1.29 is 22.8 Å². The van der Waals surface area contributed by atoms with Gasteiger partial charge < -0.3 is 5.32 Å². The van der Waals surface area contributed by atoms with Gasteiger partial charge in [-0.05, 0) is 20.8 Å². The van der Waals surface area contributed by atoms with Crippen LogP contribution in [0.3, 0.4) is 0 Å². The lowest BCUT2D eigenvalue weighted by atomic mass is 10.2. The fourth-order valence-electron chi connectivity index (χ4n) is 1.24. The van der Waals surface area contributed by atoms with Gasteiger partial charge in [0.2, 0.25) is 5.91 Å². The second-order valence-electron chi connectivity index (χ2n) is 4.25. The van der Waals surface area contributed by atoms with E-state index in [0.29, 0.717) is 0 Å². The molecule has 1 atom stereocenters. The van der Waals surface area contributed by atoms with Crippen molar-refractivity contribution in [2.45, 2.75) is 39.0 Å². The molecule has 0 spiro atoms. The monoisotopic (exact) mass is 278 g/mol. The summed E-state index contributed by atoms with van der Waals surface area (Å²) in [5, 5.41) is 9.07. The molecule has 19 heavy (non-hydrogen) atoms. The summed E-state index contributed by atoms with van der Waals surface area (Å²) >= 11 is 0. The van der Waals surface area contributed by atoms with Gasteiger partial charge in [-0.15, -0.1) is 5.10 Å². The van der Waals surface area contributed by atoms with Crippen LogP contribution in [0.25, 0.3) is 0 Å². The Balaban J connectivity index is 2.85. The summed E-state index contributed by atoms with van der Waals surface area (Å²) in [7, 11) is 0. The summed E-state index contributed by atoms with van der Waals surface area (Å²) in [6, 6.07) is -0.973. The van der Waals surface area contributed by atoms with E-state index in [1.54, 1.807) is 13.8 Å². The molecule has 1 amide bonds. The third-order valence-corrected chi connectivity index (χ3v) is 2.21. The normalized spacial score (nSPS) is 13.4. The van der Waals surface area contributed by atoms with Crippen LogP contribution < -0.4 is 5.32 Å². The van der Waals surface area contributed by atoms with Crippen LogP contribution >= 0.6 is 0 Å². The van der Waals surface area contributed by atoms with Crippen molar-refractivity contribution >= 4 is 11.7 Å². The molecule has 6 nitrogen and oxygen atoms in total. The minimum Gasteiger partial charge on any atom is -0.352 e. The number of alkyl halides is 3. The lowest BCUT2D eigenvalue weighted by Gasteiger charge is -2.13. The summed E-state index contributed by atoms with van der Waals surface area (Å²) in [6.45, 7) is 4.92. The van der Waals surface area contributed by atoms with Crippen LogP contribution in [-0.2, 0) is 4.79 Å². The van der Waals surface area contributed by atoms with Gasteiger partial charge in [0, 0.05) is 6.04 Å². The number of rotatable bonds is 4. The van der Waals surface area contributed by atoms with Crippen molar-refractivity contribution in [2.24, 2.45) is 0 Å². The van der Waals surface area contributed by atoms with Gasteiger partial charge in [0.05, 0.1) is 6.20 Å². The number of hydrogen-bond donors (Lipinski definition) is 1. The lowest BCUT2D eigenvalue weighted by molar-refractivity contribution is -0.124. The van der Waals surface area contributed by atoms with Gasteiger partial charge in [-0.2, -0.15) is 13.2 Å². The number of aromatic nitrogens is 3. The Morgan fingerprint density at radius 2 is 1.89 bits per heavy atom. The van der Waals surface area contributed by atoms with Gasteiger partial charge in [-0.3, -0.25) is 9.59 Å². The van der Waals surface area contributed by atoms with Gasteiger partial charge in [0.1, 0.15) is 6.04 Å². The van der Waals surface area contributed by atoms with E-state index in [4.69, 9.17) is 0 Å². The Morgan fingerprint density at radius 1 is 1.32 bits per heavy atom. The first-order valence-electron chi connectivity index (χ1n) is 5.46. The van der Waals surface area contributed by atoms with E-state index in [0.717, 1.165) is 10.9 Å². The lowest BCUT2D eigenvalue weighted by Crippen LogP contribution is -2.35. The first kappa shape index (κ1) is 15.1. The highest BCUT2D eigenvalue weighted by molar-refractivity contribution is 5.98. The molecule has 0 saturated heterocycles. The number of ketones is 1. The van der Waals surface area contributed by atoms with Crippen molar-refractivity contribution in [3.63, 3.8) is 0 Å². The van der Waals surface area contributed by atoms with Gasteiger partial charge >= 0.3 is 6.18 Å². The second-order valence-corrected chi connectivity index (χ2v) is 4.25. The molecule has 1 N–H and O–H groups in total. The van der Waals surface area contributed by atoms with Crippen LogP contribution in [0.2, 0.25) is 0 Å². The highest BCUT2D eigenvalue weighted by Crippen LogP contribution is 2.20. The molecular formula is C10H13F3N4O2. The van der Waals surface area contributed by atoms with E-state index in [-0.39, 0.29) is 6.04 Å². The van der Waals surface area contributed by atoms with Crippen LogP contribution in [0.15, 0.2) is 6.20 Å². The maximum absolute atomic E-state index is 12.2. The third-order valence-electron chi connectivity index (χ3n) is 2.21. The molecule has 0 radical (unpaired) electrons. The number of hydrogen-bond acceptors (Lipinski definition) is 4. The highest BCUT2D eigenvalue weighted by atomic mass is 19.4. The van der Waals surface area contributed by atoms with Gasteiger partial charge in [0.25, 0.3) is 5.78 Å². The SMILES string of the molecule is CC(C)NC(=O)C(C)n1cc(C(=O)C(F)(F)F)nn1. The first-order valence-corrected chi connectivity index (χ1v) is 5.46. The zero-order chi connectivity index (χ0) is 14.8. The van der Waals surface area contributed by atoms with E-state index in [9.17, 15) is 22.8 Å². The standard InChI is InChI=1S/C10H13F3N4O2/c1-5(2)14-9(19)6(3)17-4-7(15-16-17)8(18)10(11,12)13/h4-6H,1-3H3,(H,14,19). The van der Waals surface area contributed by atoms with Crippen molar-refractivity contribution in [2.75, 3.05) is 0 Å². The predicted molar refractivity (Wildman–Crippen MR) is 58.4 cm³/mol. The average Bonchev–Trinajstić information content (AvgIpc) is 2.73. The number of halogens is 3. The van der Waals surface area contributed by atoms with Gasteiger partial charge in [-0.1, -0.05) is 5.21 Å². The van der Waals surface area contributed by atoms with Gasteiger partial charge in [-0.25, -0.2) is 4.68 Å². The molecule has 0 saturated carbocycles. The molecule has 0 aromatic carbocycles. The molecule has 1 heterocycles. The minimum absolute atomic E-state index is 0.116. The average molecular weight is 278 g/mol. The third kappa shape index (κ3) is 3.76. The molecule has 0 fully saturated rings. The molecule has 0 aliphatic carbocycles. The van der Waals surface area contributed by atoms with E-state index in [2.05, 4.69) is 15.6 Å². The zero-order valence-corrected chi connectivity index (χ0v) is 10.5. The van der Waals surface area contributed by atoms with Crippen LogP contribution in [0.1, 0.15) is 37.3 Å². The molecule has 1 aromatic rings. The van der Waals surface area contributed by atoms with Crippen LogP contribution in [0.5, 0.6) is 0 Å². The van der Waals surface area contributed by atoms with Gasteiger partial charge in [0.15, 0.2) is 5.69 Å². The van der Waals surface area contributed by atoms with Crippen LogP contribution in [-0.4, -0.2) is 38.9 Å². The maximum atomic E-state index is 12.2. The predicted octanol–water partition coefficient (Wildman–Crippen LogP) is 1.11. The van der Waals surface area contributed by atoms with E-state index < -0.39 is 29.6 Å². The Bertz CT molecular complexity index is 481. The maximum Gasteiger partial charge on any atom is 0.456 e. The number of nitrogens with one attached hydrogen (secondary N) is 1. The van der Waals surface area contributed by atoms with Crippen molar-refractivity contribution in [1.82, 2.24) is 20.3 Å². The number of nitrogens with zero attached hydrogens (tertiary/aromatic N) is 3. The van der Waals surface area contributed by atoms with E-state index in [1.165, 1.54) is 6.92 Å². The van der Waals surface area contributed by atoms with Crippen LogP contribution in [0, 0.1) is 0 Å². The first-order chi connectivity index (χ1) is 8.62. The zero-order valence-electron chi connectivity index (χ0n) is 10.5. The highest BCUT2D eigenvalue weighted by Gasteiger charge is 2.41. The molecular weight excluding hydrogens is 265 g/mol. The fourth-order valence-corrected chi connectivity index (χ4v) is 1.24. The van der Waals surface area contributed by atoms with E-state index >= 15 is 0 Å². The molecule has 0 bridgehead atoms. The number of carbonyl (C=O) groups is 2. The molecule has 1 unspecified atom stereocenters. The Morgan fingerprint density at radius 3 is 2.37 bits per heavy atom. The Hall–Kier alpha value is -1.93. The summed E-state index contributed by atoms with van der Waals surface area (Å²) in [5.74, 6) is -2.51. The molecule has 9 heteroatoms. The molecule has 0 aliphatic heterocycles. The largest absolute Gasteiger partial charge is 0.456 e. The smallest absolute Gasteiger partial charge is 0.352 e. The van der Waals surface area contributed by atoms with Crippen molar-refractivity contribution in [3.05, 3.63) is 11.9 Å². The molecule has 1 aromatic heterocycles. The summed E-state index contributed by atoms with van der Waals surface area (Å²) in [4.78, 5) is 22.5. The van der Waals surface area contributed by atoms with E-state index in [1.807, 2.05) is 0 Å². The van der Waals surface area contributed by atoms with Crippen LogP contribution in [0.4, 0.5) is 13.2 Å². The molecule has 0 aliphatic rings. The quantitative estimate of drug-likeness (QED) is 0.837. The number of carbonyl (C=O) groups excluding carboxylic acids is 2.